The number of aromatic nitrogens is 1. The zero-order valence-electron chi connectivity index (χ0n) is 18.3. The van der Waals surface area contributed by atoms with Gasteiger partial charge in [-0.05, 0) is 42.5 Å². The lowest BCUT2D eigenvalue weighted by Crippen LogP contribution is -2.23. The lowest BCUT2D eigenvalue weighted by Gasteiger charge is -2.20. The summed E-state index contributed by atoms with van der Waals surface area (Å²) in [6.07, 6.45) is 0. The summed E-state index contributed by atoms with van der Waals surface area (Å²) in [5.74, 6) is -1.41. The highest BCUT2D eigenvalue weighted by molar-refractivity contribution is 6.44. The quantitative estimate of drug-likeness (QED) is 0.265. The van der Waals surface area contributed by atoms with Crippen LogP contribution in [-0.2, 0) is 0 Å². The molecular weight excluding hydrogens is 546 g/mol. The van der Waals surface area contributed by atoms with E-state index in [1.807, 2.05) is 0 Å². The molecule has 0 bridgehead atoms. The normalized spacial score (nSPS) is 12.2. The average Bonchev–Trinajstić information content (AvgIpc) is 3.09. The van der Waals surface area contributed by atoms with Gasteiger partial charge in [-0.1, -0.05) is 58.5 Å². The summed E-state index contributed by atoms with van der Waals surface area (Å²) < 4.78 is 0. The third-order valence-corrected chi connectivity index (χ3v) is 6.70. The van der Waals surface area contributed by atoms with Gasteiger partial charge in [-0.15, -0.1) is 0 Å². The topological polar surface area (TPSA) is 91.4 Å². The van der Waals surface area contributed by atoms with Crippen LogP contribution in [0.4, 0.5) is 17.1 Å². The SMILES string of the molecule is CN1C(=O)c2cc(Cl)nc3c(NC(=O)c4cccc(Cl)c4)c(Cl)c(NC(=O)c4cccc(Cl)c4)c1c23. The number of rotatable bonds is 4. The van der Waals surface area contributed by atoms with E-state index in [1.54, 1.807) is 43.4 Å². The molecule has 1 aliphatic heterocycles. The van der Waals surface area contributed by atoms with Crippen LogP contribution in [0.25, 0.3) is 10.9 Å². The van der Waals surface area contributed by atoms with Crippen LogP contribution >= 0.6 is 46.4 Å². The number of carbonyl (C=O) groups excluding carboxylic acids is 3. The largest absolute Gasteiger partial charge is 0.319 e. The first-order chi connectivity index (χ1) is 17.2. The molecule has 7 nitrogen and oxygen atoms in total. The van der Waals surface area contributed by atoms with Gasteiger partial charge in [-0.3, -0.25) is 14.4 Å². The molecular formula is C25H14Cl4N4O3. The highest BCUT2D eigenvalue weighted by atomic mass is 35.5. The maximum Gasteiger partial charge on any atom is 0.258 e. The van der Waals surface area contributed by atoms with Gasteiger partial charge in [-0.2, -0.15) is 0 Å². The van der Waals surface area contributed by atoms with Crippen molar-refractivity contribution >= 4 is 92.1 Å². The molecule has 180 valence electrons. The average molecular weight is 560 g/mol. The van der Waals surface area contributed by atoms with E-state index in [4.69, 9.17) is 46.4 Å². The van der Waals surface area contributed by atoms with Gasteiger partial charge in [0.1, 0.15) is 10.7 Å². The Morgan fingerprint density at radius 2 is 1.39 bits per heavy atom. The molecule has 5 rings (SSSR count). The van der Waals surface area contributed by atoms with E-state index in [1.165, 1.54) is 23.1 Å². The molecule has 0 saturated carbocycles. The van der Waals surface area contributed by atoms with Gasteiger partial charge in [0.15, 0.2) is 0 Å². The molecule has 36 heavy (non-hydrogen) atoms. The van der Waals surface area contributed by atoms with Crippen LogP contribution in [0, 0.1) is 0 Å². The van der Waals surface area contributed by atoms with Gasteiger partial charge in [-0.25, -0.2) is 4.98 Å². The highest BCUT2D eigenvalue weighted by Crippen LogP contribution is 2.50. The minimum atomic E-state index is -0.525. The van der Waals surface area contributed by atoms with Crippen molar-refractivity contribution < 1.29 is 14.4 Å². The van der Waals surface area contributed by atoms with Gasteiger partial charge < -0.3 is 15.5 Å². The van der Waals surface area contributed by atoms with Gasteiger partial charge >= 0.3 is 0 Å². The minimum absolute atomic E-state index is 0.0366. The van der Waals surface area contributed by atoms with Gasteiger partial charge in [0, 0.05) is 33.6 Å². The van der Waals surface area contributed by atoms with Crippen molar-refractivity contribution in [2.45, 2.75) is 0 Å². The Kier molecular flexibility index (Phi) is 6.26. The summed E-state index contributed by atoms with van der Waals surface area (Å²) in [4.78, 5) is 44.9. The van der Waals surface area contributed by atoms with Crippen LogP contribution in [0.1, 0.15) is 31.1 Å². The smallest absolute Gasteiger partial charge is 0.258 e. The fourth-order valence-electron chi connectivity index (χ4n) is 4.04. The molecule has 2 N–H and O–H groups in total. The summed E-state index contributed by atoms with van der Waals surface area (Å²) in [5.41, 5.74) is 1.53. The molecule has 0 spiro atoms. The Bertz CT molecular complexity index is 1620. The lowest BCUT2D eigenvalue weighted by atomic mass is 10.1. The number of nitrogens with one attached hydrogen (secondary N) is 2. The minimum Gasteiger partial charge on any atom is -0.319 e. The third-order valence-electron chi connectivity index (χ3n) is 5.66. The zero-order valence-corrected chi connectivity index (χ0v) is 21.4. The summed E-state index contributed by atoms with van der Waals surface area (Å²) in [6, 6.07) is 14.1. The molecule has 0 atom stereocenters. The van der Waals surface area contributed by atoms with Crippen molar-refractivity contribution in [3.05, 3.63) is 91.5 Å². The van der Waals surface area contributed by atoms with Crippen molar-refractivity contribution in [1.82, 2.24) is 4.98 Å². The zero-order chi connectivity index (χ0) is 25.7. The molecule has 0 unspecified atom stereocenters. The maximum atomic E-state index is 13.1. The monoisotopic (exact) mass is 558 g/mol. The molecule has 3 amide bonds. The van der Waals surface area contributed by atoms with Crippen LogP contribution in [0.5, 0.6) is 0 Å². The number of nitrogens with zero attached hydrogens (tertiary/aromatic N) is 2. The fraction of sp³-hybridized carbons (Fsp3) is 0.0400. The molecule has 0 radical (unpaired) electrons. The Morgan fingerprint density at radius 1 is 0.833 bits per heavy atom. The molecule has 0 fully saturated rings. The molecule has 3 aromatic carbocycles. The second-order valence-electron chi connectivity index (χ2n) is 7.92. The van der Waals surface area contributed by atoms with E-state index in [0.717, 1.165) is 0 Å². The molecule has 11 heteroatoms. The van der Waals surface area contributed by atoms with Crippen molar-refractivity contribution in [3.8, 4) is 0 Å². The second-order valence-corrected chi connectivity index (χ2v) is 9.56. The highest BCUT2D eigenvalue weighted by Gasteiger charge is 2.35. The van der Waals surface area contributed by atoms with Crippen LogP contribution in [0.2, 0.25) is 20.2 Å². The number of pyridine rings is 1. The van der Waals surface area contributed by atoms with Gasteiger partial charge in [0.25, 0.3) is 17.7 Å². The Balaban J connectivity index is 1.71. The number of carbonyl (C=O) groups is 3. The predicted molar refractivity (Wildman–Crippen MR) is 143 cm³/mol. The first-order valence-corrected chi connectivity index (χ1v) is 11.9. The fourth-order valence-corrected chi connectivity index (χ4v) is 4.89. The van der Waals surface area contributed by atoms with Crippen LogP contribution in [0.3, 0.4) is 0 Å². The van der Waals surface area contributed by atoms with Crippen molar-refractivity contribution in [1.29, 1.82) is 0 Å². The Hall–Kier alpha value is -3.36. The van der Waals surface area contributed by atoms with Gasteiger partial charge in [0.05, 0.1) is 27.6 Å². The number of benzene rings is 3. The molecule has 0 aliphatic carbocycles. The van der Waals surface area contributed by atoms with Crippen LogP contribution in [0.15, 0.2) is 54.6 Å². The standard InChI is InChI=1S/C25H14Cl4N4O3/c1-33-22-17-15(25(33)36)10-16(28)30-19(17)20(31-23(34)11-4-2-6-13(26)8-11)18(29)21(22)32-24(35)12-5-3-7-14(27)9-12/h2-10H,1H3,(H,31,34)(H,32,35). The van der Waals surface area contributed by atoms with E-state index < -0.39 is 11.8 Å². The van der Waals surface area contributed by atoms with Crippen molar-refractivity contribution in [2.24, 2.45) is 0 Å². The first kappa shape index (κ1) is 24.3. The third kappa shape index (κ3) is 4.14. The Morgan fingerprint density at radius 3 is 1.94 bits per heavy atom. The van der Waals surface area contributed by atoms with E-state index in [0.29, 0.717) is 21.1 Å². The van der Waals surface area contributed by atoms with E-state index in [2.05, 4.69) is 15.6 Å². The Labute approximate surface area is 224 Å². The second kappa shape index (κ2) is 9.26. The first-order valence-electron chi connectivity index (χ1n) is 10.4. The molecule has 1 aliphatic rings. The number of hydrogen-bond donors (Lipinski definition) is 2. The summed E-state index contributed by atoms with van der Waals surface area (Å²) in [5, 5.41) is 6.65. The summed E-state index contributed by atoms with van der Waals surface area (Å²) >= 11 is 25.1. The van der Waals surface area contributed by atoms with E-state index in [-0.39, 0.29) is 49.7 Å². The van der Waals surface area contributed by atoms with E-state index >= 15 is 0 Å². The molecule has 2 heterocycles. The van der Waals surface area contributed by atoms with E-state index in [9.17, 15) is 14.4 Å². The molecule has 4 aromatic rings. The lowest BCUT2D eigenvalue weighted by molar-refractivity contribution is 0.0994. The number of amides is 3. The maximum absolute atomic E-state index is 13.1. The summed E-state index contributed by atoms with van der Waals surface area (Å²) in [7, 11) is 1.54. The van der Waals surface area contributed by atoms with Gasteiger partial charge in [0.2, 0.25) is 0 Å². The summed E-state index contributed by atoms with van der Waals surface area (Å²) in [6.45, 7) is 0. The number of hydrogen-bond acceptors (Lipinski definition) is 4. The van der Waals surface area contributed by atoms with Crippen molar-refractivity contribution in [2.75, 3.05) is 22.6 Å². The molecule has 0 saturated heterocycles. The number of halogens is 4. The van der Waals surface area contributed by atoms with Crippen LogP contribution in [-0.4, -0.2) is 29.8 Å². The van der Waals surface area contributed by atoms with Crippen LogP contribution < -0.4 is 15.5 Å². The predicted octanol–water partition coefficient (Wildman–Crippen LogP) is 6.94. The number of anilines is 3. The van der Waals surface area contributed by atoms with Crippen molar-refractivity contribution in [3.63, 3.8) is 0 Å². The molecule has 1 aromatic heterocycles.